The number of rotatable bonds is 4. The number of carbonyl (C=O) groups is 1. The lowest BCUT2D eigenvalue weighted by Gasteiger charge is -2.02. The average Bonchev–Trinajstić information content (AvgIpc) is 2.84. The Kier molecular flexibility index (Phi) is 3.99. The summed E-state index contributed by atoms with van der Waals surface area (Å²) in [5.74, 6) is -1.06. The number of aryl methyl sites for hydroxylation is 1. The summed E-state index contributed by atoms with van der Waals surface area (Å²) in [7, 11) is 0. The van der Waals surface area contributed by atoms with Crippen LogP contribution in [0.1, 0.15) is 27.3 Å². The zero-order valence-corrected chi connectivity index (χ0v) is 10.6. The number of thiazole rings is 1. The van der Waals surface area contributed by atoms with E-state index in [0.717, 1.165) is 11.4 Å². The maximum absolute atomic E-state index is 12.8. The highest BCUT2D eigenvalue weighted by atomic mass is 32.1. The van der Waals surface area contributed by atoms with E-state index in [-0.39, 0.29) is 5.69 Å². The number of halogens is 1. The van der Waals surface area contributed by atoms with Crippen molar-refractivity contribution in [2.24, 2.45) is 0 Å². The Labute approximate surface area is 108 Å². The molecule has 1 N–H and O–H groups in total. The van der Waals surface area contributed by atoms with Crippen molar-refractivity contribution in [2.45, 2.75) is 19.9 Å². The van der Waals surface area contributed by atoms with Gasteiger partial charge in [-0.2, -0.15) is 4.39 Å². The summed E-state index contributed by atoms with van der Waals surface area (Å²) in [5, 5.41) is 3.49. The summed E-state index contributed by atoms with van der Waals surface area (Å²) in [6.07, 6.45) is 2.73. The van der Waals surface area contributed by atoms with Gasteiger partial charge in [0.25, 0.3) is 5.91 Å². The summed E-state index contributed by atoms with van der Waals surface area (Å²) in [6.45, 7) is 2.38. The number of aromatic nitrogens is 2. The van der Waals surface area contributed by atoms with E-state index in [4.69, 9.17) is 0 Å². The van der Waals surface area contributed by atoms with Crippen molar-refractivity contribution in [3.05, 3.63) is 45.9 Å². The molecular formula is C12H12FN3OS. The second-order valence-electron chi connectivity index (χ2n) is 3.60. The van der Waals surface area contributed by atoms with Crippen molar-refractivity contribution >= 4 is 17.2 Å². The smallest absolute Gasteiger partial charge is 0.270 e. The normalized spacial score (nSPS) is 10.3. The minimum absolute atomic E-state index is 0.0715. The molecule has 0 fully saturated rings. The van der Waals surface area contributed by atoms with Crippen LogP contribution in [0, 0.1) is 5.95 Å². The molecule has 6 heteroatoms. The quantitative estimate of drug-likeness (QED) is 0.862. The van der Waals surface area contributed by atoms with Gasteiger partial charge in [-0.1, -0.05) is 13.0 Å². The minimum Gasteiger partial charge on any atom is -0.344 e. The van der Waals surface area contributed by atoms with Crippen molar-refractivity contribution in [3.63, 3.8) is 0 Å². The monoisotopic (exact) mass is 265 g/mol. The van der Waals surface area contributed by atoms with Crippen LogP contribution in [0.3, 0.4) is 0 Å². The molecule has 0 atom stereocenters. The lowest BCUT2D eigenvalue weighted by atomic mass is 10.3. The van der Waals surface area contributed by atoms with Gasteiger partial charge in [0.2, 0.25) is 5.95 Å². The molecule has 0 unspecified atom stereocenters. The Morgan fingerprint density at radius 1 is 1.50 bits per heavy atom. The number of pyridine rings is 1. The van der Waals surface area contributed by atoms with Gasteiger partial charge in [-0.3, -0.25) is 4.79 Å². The van der Waals surface area contributed by atoms with Gasteiger partial charge >= 0.3 is 0 Å². The van der Waals surface area contributed by atoms with E-state index >= 15 is 0 Å². The zero-order chi connectivity index (χ0) is 13.0. The van der Waals surface area contributed by atoms with Crippen LogP contribution in [0.15, 0.2) is 24.4 Å². The Balaban J connectivity index is 1.96. The summed E-state index contributed by atoms with van der Waals surface area (Å²) < 4.78 is 12.8. The molecule has 2 rings (SSSR count). The Bertz CT molecular complexity index is 556. The fraction of sp³-hybridized carbons (Fsp3) is 0.250. The van der Waals surface area contributed by atoms with E-state index in [2.05, 4.69) is 15.3 Å². The molecule has 2 heterocycles. The van der Waals surface area contributed by atoms with Crippen LogP contribution in [0.4, 0.5) is 4.39 Å². The summed E-state index contributed by atoms with van der Waals surface area (Å²) >= 11 is 1.55. The van der Waals surface area contributed by atoms with E-state index in [0.29, 0.717) is 6.54 Å². The van der Waals surface area contributed by atoms with E-state index in [1.807, 2.05) is 6.92 Å². The number of hydrogen-bond acceptors (Lipinski definition) is 4. The molecule has 94 valence electrons. The first-order valence-electron chi connectivity index (χ1n) is 5.53. The average molecular weight is 265 g/mol. The predicted octanol–water partition coefficient (Wildman–Crippen LogP) is 2.17. The second kappa shape index (κ2) is 5.68. The van der Waals surface area contributed by atoms with Crippen molar-refractivity contribution in [1.82, 2.24) is 15.3 Å². The number of nitrogens with one attached hydrogen (secondary N) is 1. The molecule has 0 spiro atoms. The molecule has 0 saturated heterocycles. The molecule has 4 nitrogen and oxygen atoms in total. The maximum Gasteiger partial charge on any atom is 0.270 e. The van der Waals surface area contributed by atoms with Crippen LogP contribution in [0.5, 0.6) is 0 Å². The van der Waals surface area contributed by atoms with E-state index < -0.39 is 11.9 Å². The molecule has 0 saturated carbocycles. The third-order valence-electron chi connectivity index (χ3n) is 2.30. The van der Waals surface area contributed by atoms with Gasteiger partial charge in [0.05, 0.1) is 6.54 Å². The Morgan fingerprint density at radius 2 is 2.33 bits per heavy atom. The van der Waals surface area contributed by atoms with E-state index in [1.54, 1.807) is 17.5 Å². The third-order valence-corrected chi connectivity index (χ3v) is 3.44. The first-order valence-corrected chi connectivity index (χ1v) is 6.35. The highest BCUT2D eigenvalue weighted by molar-refractivity contribution is 7.11. The summed E-state index contributed by atoms with van der Waals surface area (Å²) in [4.78, 5) is 20.5. The van der Waals surface area contributed by atoms with Crippen molar-refractivity contribution < 1.29 is 9.18 Å². The Morgan fingerprint density at radius 3 is 3.00 bits per heavy atom. The lowest BCUT2D eigenvalue weighted by Crippen LogP contribution is -2.23. The first-order chi connectivity index (χ1) is 8.69. The van der Waals surface area contributed by atoms with Gasteiger partial charge in [0, 0.05) is 11.1 Å². The van der Waals surface area contributed by atoms with Crippen molar-refractivity contribution in [1.29, 1.82) is 0 Å². The maximum atomic E-state index is 12.8. The molecule has 0 aliphatic heterocycles. The first kappa shape index (κ1) is 12.6. The van der Waals surface area contributed by atoms with E-state index in [9.17, 15) is 9.18 Å². The number of amides is 1. The van der Waals surface area contributed by atoms with E-state index in [1.165, 1.54) is 23.1 Å². The molecule has 0 aromatic carbocycles. The number of carbonyl (C=O) groups excluding carboxylic acids is 1. The van der Waals surface area contributed by atoms with Gasteiger partial charge in [0.15, 0.2) is 0 Å². The molecule has 18 heavy (non-hydrogen) atoms. The molecule has 0 radical (unpaired) electrons. The minimum atomic E-state index is -0.662. The molecule has 2 aromatic heterocycles. The van der Waals surface area contributed by atoms with Gasteiger partial charge in [0.1, 0.15) is 10.7 Å². The van der Waals surface area contributed by atoms with Gasteiger partial charge in [-0.25, -0.2) is 9.97 Å². The molecule has 0 aliphatic rings. The van der Waals surface area contributed by atoms with Crippen LogP contribution < -0.4 is 5.32 Å². The topological polar surface area (TPSA) is 54.9 Å². The number of nitrogens with zero attached hydrogens (tertiary/aromatic N) is 2. The molecule has 0 aliphatic carbocycles. The zero-order valence-electron chi connectivity index (χ0n) is 9.81. The van der Waals surface area contributed by atoms with Crippen LogP contribution in [0.25, 0.3) is 0 Å². The molecular weight excluding hydrogens is 253 g/mol. The van der Waals surface area contributed by atoms with Crippen molar-refractivity contribution in [3.8, 4) is 0 Å². The fourth-order valence-electron chi connectivity index (χ4n) is 1.37. The molecule has 2 aromatic rings. The van der Waals surface area contributed by atoms with Gasteiger partial charge < -0.3 is 5.32 Å². The predicted molar refractivity (Wildman–Crippen MR) is 66.9 cm³/mol. The van der Waals surface area contributed by atoms with Crippen LogP contribution in [-0.4, -0.2) is 15.9 Å². The highest BCUT2D eigenvalue weighted by Crippen LogP contribution is 2.12. The third kappa shape index (κ3) is 3.10. The van der Waals surface area contributed by atoms with Gasteiger partial charge in [-0.05, 0) is 18.6 Å². The lowest BCUT2D eigenvalue weighted by molar-refractivity contribution is 0.0944. The largest absolute Gasteiger partial charge is 0.344 e. The highest BCUT2D eigenvalue weighted by Gasteiger charge is 2.08. The molecule has 0 bridgehead atoms. The van der Waals surface area contributed by atoms with Crippen LogP contribution in [0.2, 0.25) is 0 Å². The fourth-order valence-corrected chi connectivity index (χ4v) is 2.18. The molecule has 1 amide bonds. The SMILES string of the molecule is CCc1cnc(CNC(=O)c2cccc(F)n2)s1. The second-order valence-corrected chi connectivity index (χ2v) is 4.80. The van der Waals surface area contributed by atoms with Gasteiger partial charge in [-0.15, -0.1) is 11.3 Å². The summed E-state index contributed by atoms with van der Waals surface area (Å²) in [6, 6.07) is 4.12. The Hall–Kier alpha value is -1.82. The van der Waals surface area contributed by atoms with Crippen LogP contribution >= 0.6 is 11.3 Å². The van der Waals surface area contributed by atoms with Crippen LogP contribution in [-0.2, 0) is 13.0 Å². The van der Waals surface area contributed by atoms with Crippen molar-refractivity contribution in [2.75, 3.05) is 0 Å². The number of hydrogen-bond donors (Lipinski definition) is 1. The standard InChI is InChI=1S/C12H12FN3OS/c1-2-8-6-14-11(18-8)7-15-12(17)9-4-3-5-10(13)16-9/h3-6H,2,7H2,1H3,(H,15,17). The summed E-state index contributed by atoms with van der Waals surface area (Å²) in [5.41, 5.74) is 0.0715.